The van der Waals surface area contributed by atoms with E-state index in [0.717, 1.165) is 18.2 Å². The molecule has 0 aliphatic rings. The lowest BCUT2D eigenvalue weighted by atomic mass is 10.2. The monoisotopic (exact) mass is 195 g/mol. The Labute approximate surface area is 80.9 Å². The molecule has 0 aliphatic heterocycles. The van der Waals surface area contributed by atoms with Gasteiger partial charge in [-0.3, -0.25) is 4.79 Å². The van der Waals surface area contributed by atoms with Gasteiger partial charge in [0.1, 0.15) is 11.6 Å². The third-order valence-corrected chi connectivity index (χ3v) is 1.61. The van der Waals surface area contributed by atoms with Crippen molar-refractivity contribution in [1.29, 1.82) is 0 Å². The summed E-state index contributed by atoms with van der Waals surface area (Å²) in [7, 11) is 0. The van der Waals surface area contributed by atoms with Gasteiger partial charge >= 0.3 is 0 Å². The number of nitrogens with one attached hydrogen (secondary N) is 1. The lowest BCUT2D eigenvalue weighted by molar-refractivity contribution is 0.0955. The molecule has 0 saturated heterocycles. The number of halogens is 1. The van der Waals surface area contributed by atoms with E-state index in [4.69, 9.17) is 0 Å². The second kappa shape index (κ2) is 4.41. The summed E-state index contributed by atoms with van der Waals surface area (Å²) in [5.41, 5.74) is -0.0770. The van der Waals surface area contributed by atoms with Crippen molar-refractivity contribution in [2.24, 2.45) is 0 Å². The van der Waals surface area contributed by atoms with Crippen LogP contribution in [0.4, 0.5) is 4.39 Å². The summed E-state index contributed by atoms with van der Waals surface area (Å²) in [6.07, 6.45) is 1.49. The molecule has 0 radical (unpaired) electrons. The van der Waals surface area contributed by atoms with Crippen LogP contribution in [-0.2, 0) is 0 Å². The molecule has 4 heteroatoms. The molecule has 0 atom stereocenters. The number of benzene rings is 1. The lowest BCUT2D eigenvalue weighted by Crippen LogP contribution is -2.23. The van der Waals surface area contributed by atoms with Gasteiger partial charge < -0.3 is 10.4 Å². The normalized spacial score (nSPS) is 9.50. The average Bonchev–Trinajstić information content (AvgIpc) is 2.18. The summed E-state index contributed by atoms with van der Waals surface area (Å²) in [5.74, 6) is -1.33. The Morgan fingerprint density at radius 1 is 1.64 bits per heavy atom. The van der Waals surface area contributed by atoms with Crippen molar-refractivity contribution in [2.75, 3.05) is 6.54 Å². The summed E-state index contributed by atoms with van der Waals surface area (Å²) < 4.78 is 12.7. The van der Waals surface area contributed by atoms with E-state index in [1.807, 2.05) is 0 Å². The van der Waals surface area contributed by atoms with Gasteiger partial charge in [0.05, 0.1) is 5.56 Å². The molecule has 14 heavy (non-hydrogen) atoms. The SMILES string of the molecule is C=CCNC(=O)c1cc(F)ccc1O. The third-order valence-electron chi connectivity index (χ3n) is 1.61. The van der Waals surface area contributed by atoms with Gasteiger partial charge in [0, 0.05) is 6.54 Å². The first-order chi connectivity index (χ1) is 6.65. The predicted octanol–water partition coefficient (Wildman–Crippen LogP) is 1.45. The van der Waals surface area contributed by atoms with Gasteiger partial charge in [0.2, 0.25) is 0 Å². The smallest absolute Gasteiger partial charge is 0.255 e. The zero-order chi connectivity index (χ0) is 10.6. The van der Waals surface area contributed by atoms with Crippen LogP contribution < -0.4 is 5.32 Å². The van der Waals surface area contributed by atoms with Gasteiger partial charge in [0.25, 0.3) is 5.91 Å². The number of aromatic hydroxyl groups is 1. The van der Waals surface area contributed by atoms with Crippen molar-refractivity contribution < 1.29 is 14.3 Å². The highest BCUT2D eigenvalue weighted by Crippen LogP contribution is 2.17. The maximum Gasteiger partial charge on any atom is 0.255 e. The van der Waals surface area contributed by atoms with Gasteiger partial charge in [-0.2, -0.15) is 0 Å². The Balaban J connectivity index is 2.88. The number of carbonyl (C=O) groups excluding carboxylic acids is 1. The number of carbonyl (C=O) groups is 1. The van der Waals surface area contributed by atoms with E-state index in [1.54, 1.807) is 0 Å². The first-order valence-corrected chi connectivity index (χ1v) is 4.02. The molecule has 2 N–H and O–H groups in total. The molecule has 0 spiro atoms. The van der Waals surface area contributed by atoms with Crippen molar-refractivity contribution in [2.45, 2.75) is 0 Å². The Hall–Kier alpha value is -1.84. The Kier molecular flexibility index (Phi) is 3.23. The molecule has 1 amide bonds. The fraction of sp³-hybridized carbons (Fsp3) is 0.100. The topological polar surface area (TPSA) is 49.3 Å². The van der Waals surface area contributed by atoms with Crippen LogP contribution in [0.2, 0.25) is 0 Å². The van der Waals surface area contributed by atoms with Gasteiger partial charge in [-0.15, -0.1) is 6.58 Å². The highest BCUT2D eigenvalue weighted by Gasteiger charge is 2.10. The highest BCUT2D eigenvalue weighted by molar-refractivity contribution is 5.96. The number of phenols is 1. The molecular formula is C10H10FNO2. The quantitative estimate of drug-likeness (QED) is 0.717. The Morgan fingerprint density at radius 3 is 3.00 bits per heavy atom. The molecule has 1 aromatic rings. The fourth-order valence-corrected chi connectivity index (χ4v) is 0.950. The minimum atomic E-state index is -0.563. The van der Waals surface area contributed by atoms with E-state index in [2.05, 4.69) is 11.9 Å². The molecule has 0 saturated carbocycles. The van der Waals surface area contributed by atoms with Crippen LogP contribution in [0, 0.1) is 5.82 Å². The Morgan fingerprint density at radius 2 is 2.36 bits per heavy atom. The minimum Gasteiger partial charge on any atom is -0.507 e. The summed E-state index contributed by atoms with van der Waals surface area (Å²) in [4.78, 5) is 11.3. The van der Waals surface area contributed by atoms with Gasteiger partial charge in [-0.1, -0.05) is 6.08 Å². The molecule has 0 aliphatic carbocycles. The standard InChI is InChI=1S/C10H10FNO2/c1-2-5-12-10(14)8-6-7(11)3-4-9(8)13/h2-4,6,13H,1,5H2,(H,12,14). The fourth-order valence-electron chi connectivity index (χ4n) is 0.950. The van der Waals surface area contributed by atoms with Crippen LogP contribution in [-0.4, -0.2) is 17.6 Å². The van der Waals surface area contributed by atoms with E-state index in [9.17, 15) is 14.3 Å². The van der Waals surface area contributed by atoms with Crippen molar-refractivity contribution in [1.82, 2.24) is 5.32 Å². The summed E-state index contributed by atoms with van der Waals surface area (Å²) in [5, 5.41) is 11.7. The molecule has 0 unspecified atom stereocenters. The molecule has 1 aromatic carbocycles. The molecule has 0 bridgehead atoms. The number of hydrogen-bond donors (Lipinski definition) is 2. The first-order valence-electron chi connectivity index (χ1n) is 4.02. The maximum atomic E-state index is 12.7. The van der Waals surface area contributed by atoms with Crippen molar-refractivity contribution in [3.8, 4) is 5.75 Å². The lowest BCUT2D eigenvalue weighted by Gasteiger charge is -2.04. The number of hydrogen-bond acceptors (Lipinski definition) is 2. The molecular weight excluding hydrogens is 185 g/mol. The summed E-state index contributed by atoms with van der Waals surface area (Å²) in [6, 6.07) is 3.20. The molecule has 0 fully saturated rings. The third kappa shape index (κ3) is 2.32. The summed E-state index contributed by atoms with van der Waals surface area (Å²) >= 11 is 0. The second-order valence-electron chi connectivity index (χ2n) is 2.66. The average molecular weight is 195 g/mol. The molecule has 0 heterocycles. The van der Waals surface area contributed by atoms with E-state index in [-0.39, 0.29) is 17.9 Å². The van der Waals surface area contributed by atoms with Crippen molar-refractivity contribution >= 4 is 5.91 Å². The zero-order valence-electron chi connectivity index (χ0n) is 7.46. The van der Waals surface area contributed by atoms with Crippen LogP contribution in [0.3, 0.4) is 0 Å². The Bertz CT molecular complexity index is 363. The van der Waals surface area contributed by atoms with Crippen molar-refractivity contribution in [3.63, 3.8) is 0 Å². The predicted molar refractivity (Wildman–Crippen MR) is 50.6 cm³/mol. The van der Waals surface area contributed by atoms with E-state index >= 15 is 0 Å². The van der Waals surface area contributed by atoms with Crippen LogP contribution in [0.25, 0.3) is 0 Å². The van der Waals surface area contributed by atoms with E-state index in [1.165, 1.54) is 6.08 Å². The van der Waals surface area contributed by atoms with Gasteiger partial charge in [-0.25, -0.2) is 4.39 Å². The van der Waals surface area contributed by atoms with Crippen LogP contribution >= 0.6 is 0 Å². The maximum absolute atomic E-state index is 12.7. The number of phenolic OH excluding ortho intramolecular Hbond substituents is 1. The molecule has 3 nitrogen and oxygen atoms in total. The van der Waals surface area contributed by atoms with E-state index < -0.39 is 11.7 Å². The zero-order valence-corrected chi connectivity index (χ0v) is 7.46. The first kappa shape index (κ1) is 10.2. The van der Waals surface area contributed by atoms with Gasteiger partial charge in [-0.05, 0) is 18.2 Å². The molecule has 0 aromatic heterocycles. The van der Waals surface area contributed by atoms with Crippen molar-refractivity contribution in [3.05, 3.63) is 42.2 Å². The molecule has 74 valence electrons. The summed E-state index contributed by atoms with van der Waals surface area (Å²) in [6.45, 7) is 3.69. The number of rotatable bonds is 3. The van der Waals surface area contributed by atoms with E-state index in [0.29, 0.717) is 0 Å². The van der Waals surface area contributed by atoms with Crippen LogP contribution in [0.15, 0.2) is 30.9 Å². The molecule has 1 rings (SSSR count). The number of amides is 1. The second-order valence-corrected chi connectivity index (χ2v) is 2.66. The highest BCUT2D eigenvalue weighted by atomic mass is 19.1. The minimum absolute atomic E-state index is 0.0770. The largest absolute Gasteiger partial charge is 0.507 e. The van der Waals surface area contributed by atoms with Gasteiger partial charge in [0.15, 0.2) is 0 Å². The van der Waals surface area contributed by atoms with Crippen LogP contribution in [0.5, 0.6) is 5.75 Å². The van der Waals surface area contributed by atoms with Crippen LogP contribution in [0.1, 0.15) is 10.4 Å².